The van der Waals surface area contributed by atoms with Crippen LogP contribution >= 0.6 is 12.4 Å². The highest BCUT2D eigenvalue weighted by molar-refractivity contribution is 5.85. The number of rotatable bonds is 1. The lowest BCUT2D eigenvalue weighted by molar-refractivity contribution is -0.132. The summed E-state index contributed by atoms with van der Waals surface area (Å²) < 4.78 is 0. The Morgan fingerprint density at radius 2 is 1.63 bits per heavy atom. The van der Waals surface area contributed by atoms with Crippen LogP contribution in [-0.2, 0) is 4.79 Å². The van der Waals surface area contributed by atoms with E-state index in [2.05, 4.69) is 4.90 Å². The molecule has 19 heavy (non-hydrogen) atoms. The summed E-state index contributed by atoms with van der Waals surface area (Å²) in [5.41, 5.74) is 6.23. The average molecular weight is 285 g/mol. The first-order valence-corrected chi connectivity index (χ1v) is 7.80. The van der Waals surface area contributed by atoms with Crippen LogP contribution < -0.4 is 5.73 Å². The topological polar surface area (TPSA) is 46.3 Å². The van der Waals surface area contributed by atoms with E-state index in [0.29, 0.717) is 29.7 Å². The molecule has 0 aromatic carbocycles. The fraction of sp³-hybridized carbons (Fsp3) is 0.933. The predicted octanol–water partition coefficient (Wildman–Crippen LogP) is 2.04. The third-order valence-corrected chi connectivity index (χ3v) is 6.16. The van der Waals surface area contributed by atoms with E-state index in [9.17, 15) is 4.79 Å². The molecule has 0 aromatic heterocycles. The van der Waals surface area contributed by atoms with Crippen LogP contribution in [0, 0.1) is 29.6 Å². The molecule has 4 heteroatoms. The Bertz CT molecular complexity index is 365. The van der Waals surface area contributed by atoms with Gasteiger partial charge >= 0.3 is 0 Å². The Morgan fingerprint density at radius 3 is 2.32 bits per heavy atom. The summed E-state index contributed by atoms with van der Waals surface area (Å²) in [7, 11) is 0. The Hall–Kier alpha value is -0.280. The maximum atomic E-state index is 12.6. The van der Waals surface area contributed by atoms with Gasteiger partial charge in [0.05, 0.1) is 0 Å². The van der Waals surface area contributed by atoms with Crippen molar-refractivity contribution in [1.82, 2.24) is 4.90 Å². The normalized spacial score (nSPS) is 47.3. The van der Waals surface area contributed by atoms with Crippen LogP contribution in [0.15, 0.2) is 0 Å². The molecule has 4 rings (SSSR count). The molecule has 3 nitrogen and oxygen atoms in total. The van der Waals surface area contributed by atoms with Crippen molar-refractivity contribution in [2.45, 2.75) is 44.6 Å². The summed E-state index contributed by atoms with van der Waals surface area (Å²) in [6, 6.07) is 0.347. The van der Waals surface area contributed by atoms with Crippen molar-refractivity contribution < 1.29 is 4.79 Å². The van der Waals surface area contributed by atoms with E-state index >= 15 is 0 Å². The van der Waals surface area contributed by atoms with Crippen molar-refractivity contribution in [2.24, 2.45) is 35.3 Å². The molecule has 1 saturated heterocycles. The number of carbonyl (C=O) groups is 1. The molecule has 5 unspecified atom stereocenters. The van der Waals surface area contributed by atoms with Crippen LogP contribution in [0.1, 0.15) is 38.5 Å². The van der Waals surface area contributed by atoms with Gasteiger partial charge in [0.2, 0.25) is 5.91 Å². The quantitative estimate of drug-likeness (QED) is 0.801. The molecule has 0 spiro atoms. The lowest BCUT2D eigenvalue weighted by Crippen LogP contribution is -2.38. The van der Waals surface area contributed by atoms with Crippen molar-refractivity contribution in [3.8, 4) is 0 Å². The third kappa shape index (κ3) is 2.09. The zero-order valence-electron chi connectivity index (χ0n) is 11.5. The summed E-state index contributed by atoms with van der Waals surface area (Å²) in [6.45, 7) is 1.97. The molecule has 1 amide bonds. The van der Waals surface area contributed by atoms with Crippen LogP contribution in [0.2, 0.25) is 0 Å². The van der Waals surface area contributed by atoms with Crippen molar-refractivity contribution in [2.75, 3.05) is 13.1 Å². The molecule has 3 saturated carbocycles. The minimum Gasteiger partial charge on any atom is -0.342 e. The number of halogens is 1. The standard InChI is InChI=1S/C15H24N2O.ClH/c16-13-6-1-3-9-7-17(8-12(9)13)15(18)14-10-4-2-5-11(10)14;/h9-14H,1-8,16H2;1H. The molecule has 4 aliphatic rings. The SMILES string of the molecule is Cl.NC1CCCC2CN(C(=O)C3C4CCCC43)CC12. The second-order valence-corrected chi connectivity index (χ2v) is 7.05. The van der Waals surface area contributed by atoms with Gasteiger partial charge in [-0.1, -0.05) is 12.8 Å². The molecule has 4 fully saturated rings. The first-order chi connectivity index (χ1) is 8.75. The lowest BCUT2D eigenvalue weighted by Gasteiger charge is -2.29. The maximum Gasteiger partial charge on any atom is 0.226 e. The molecule has 1 heterocycles. The molecule has 2 N–H and O–H groups in total. The Kier molecular flexibility index (Phi) is 3.55. The van der Waals surface area contributed by atoms with E-state index in [1.54, 1.807) is 0 Å². The first kappa shape index (κ1) is 13.7. The van der Waals surface area contributed by atoms with E-state index in [-0.39, 0.29) is 12.4 Å². The predicted molar refractivity (Wildman–Crippen MR) is 77.0 cm³/mol. The number of fused-ring (bicyclic) bond motifs is 2. The van der Waals surface area contributed by atoms with Crippen LogP contribution in [0.3, 0.4) is 0 Å². The Labute approximate surface area is 121 Å². The number of amides is 1. The number of hydrogen-bond donors (Lipinski definition) is 1. The number of hydrogen-bond acceptors (Lipinski definition) is 2. The molecule has 0 bridgehead atoms. The Morgan fingerprint density at radius 1 is 0.947 bits per heavy atom. The molecule has 5 atom stereocenters. The van der Waals surface area contributed by atoms with Crippen molar-refractivity contribution in [3.63, 3.8) is 0 Å². The van der Waals surface area contributed by atoms with Crippen molar-refractivity contribution in [3.05, 3.63) is 0 Å². The summed E-state index contributed by atoms with van der Waals surface area (Å²) >= 11 is 0. The zero-order chi connectivity index (χ0) is 12.3. The average Bonchev–Trinajstić information content (AvgIpc) is 2.79. The van der Waals surface area contributed by atoms with Gasteiger partial charge in [-0.2, -0.15) is 0 Å². The summed E-state index contributed by atoms with van der Waals surface area (Å²) in [6.07, 6.45) is 7.69. The monoisotopic (exact) mass is 284 g/mol. The highest BCUT2D eigenvalue weighted by Gasteiger charge is 2.58. The summed E-state index contributed by atoms with van der Waals surface area (Å²) in [5, 5.41) is 0. The van der Waals surface area contributed by atoms with Crippen LogP contribution in [0.5, 0.6) is 0 Å². The van der Waals surface area contributed by atoms with E-state index in [4.69, 9.17) is 5.73 Å². The second kappa shape index (κ2) is 4.92. The summed E-state index contributed by atoms with van der Waals surface area (Å²) in [5.74, 6) is 3.71. The van der Waals surface area contributed by atoms with Gasteiger partial charge in [-0.15, -0.1) is 12.4 Å². The zero-order valence-corrected chi connectivity index (χ0v) is 12.3. The van der Waals surface area contributed by atoms with E-state index in [1.165, 1.54) is 32.1 Å². The maximum absolute atomic E-state index is 12.6. The van der Waals surface area contributed by atoms with E-state index in [0.717, 1.165) is 31.3 Å². The lowest BCUT2D eigenvalue weighted by atomic mass is 9.78. The molecule has 0 aromatic rings. The molecule has 3 aliphatic carbocycles. The van der Waals surface area contributed by atoms with Gasteiger partial charge < -0.3 is 10.6 Å². The summed E-state index contributed by atoms with van der Waals surface area (Å²) in [4.78, 5) is 14.7. The number of nitrogens with two attached hydrogens (primary N) is 1. The van der Waals surface area contributed by atoms with E-state index in [1.807, 2.05) is 0 Å². The molecule has 1 aliphatic heterocycles. The van der Waals surface area contributed by atoms with Gasteiger partial charge in [-0.25, -0.2) is 0 Å². The number of likely N-dealkylation sites (tertiary alicyclic amines) is 1. The smallest absolute Gasteiger partial charge is 0.226 e. The largest absolute Gasteiger partial charge is 0.342 e. The minimum atomic E-state index is 0. The van der Waals surface area contributed by atoms with E-state index < -0.39 is 0 Å². The highest BCUT2D eigenvalue weighted by Crippen LogP contribution is 2.58. The van der Waals surface area contributed by atoms with Crippen molar-refractivity contribution >= 4 is 18.3 Å². The highest BCUT2D eigenvalue weighted by atomic mass is 35.5. The molecule has 108 valence electrons. The van der Waals surface area contributed by atoms with Crippen molar-refractivity contribution in [1.29, 1.82) is 0 Å². The van der Waals surface area contributed by atoms with Gasteiger partial charge in [-0.05, 0) is 49.4 Å². The molecular weight excluding hydrogens is 260 g/mol. The number of carbonyl (C=O) groups excluding carboxylic acids is 1. The fourth-order valence-electron chi connectivity index (χ4n) is 5.10. The molecule has 0 radical (unpaired) electrons. The van der Waals surface area contributed by atoms with Gasteiger partial charge in [0.25, 0.3) is 0 Å². The minimum absolute atomic E-state index is 0. The fourth-order valence-corrected chi connectivity index (χ4v) is 5.10. The van der Waals surface area contributed by atoms with Crippen LogP contribution in [0.4, 0.5) is 0 Å². The second-order valence-electron chi connectivity index (χ2n) is 7.05. The van der Waals surface area contributed by atoms with Crippen LogP contribution in [0.25, 0.3) is 0 Å². The Balaban J connectivity index is 0.00000110. The van der Waals surface area contributed by atoms with Gasteiger partial charge in [0.1, 0.15) is 0 Å². The van der Waals surface area contributed by atoms with Gasteiger partial charge in [-0.3, -0.25) is 4.79 Å². The van der Waals surface area contributed by atoms with Gasteiger partial charge in [0, 0.05) is 25.0 Å². The third-order valence-electron chi connectivity index (χ3n) is 6.16. The number of nitrogens with zero attached hydrogens (tertiary/aromatic N) is 1. The van der Waals surface area contributed by atoms with Gasteiger partial charge in [0.15, 0.2) is 0 Å². The molecular formula is C15H25ClN2O. The van der Waals surface area contributed by atoms with Crippen LogP contribution in [-0.4, -0.2) is 29.9 Å². The first-order valence-electron chi connectivity index (χ1n) is 7.80.